The maximum Gasteiger partial charge on any atom is 0.419 e. The smallest absolute Gasteiger partial charge is 0.419 e. The first-order valence-corrected chi connectivity index (χ1v) is 7.51. The van der Waals surface area contributed by atoms with Gasteiger partial charge in [0.15, 0.2) is 0 Å². The monoisotopic (exact) mass is 408 g/mol. The normalized spacial score (nSPS) is 11.4. The molecule has 1 nitrogen and oxygen atoms in total. The molecule has 0 aromatic heterocycles. The van der Waals surface area contributed by atoms with Gasteiger partial charge in [0.1, 0.15) is 11.5 Å². The number of benzene rings is 2. The molecule has 0 unspecified atom stereocenters. The molecule has 0 aliphatic heterocycles. The van der Waals surface area contributed by atoms with Crippen LogP contribution in [0.15, 0.2) is 46.9 Å². The lowest BCUT2D eigenvalue weighted by atomic mass is 10.2. The Labute approximate surface area is 131 Å². The van der Waals surface area contributed by atoms with E-state index in [-0.39, 0.29) is 5.75 Å². The molecular weight excluding hydrogens is 401 g/mol. The van der Waals surface area contributed by atoms with Gasteiger partial charge >= 0.3 is 6.18 Å². The van der Waals surface area contributed by atoms with Crippen LogP contribution in [0.5, 0.6) is 11.5 Å². The standard InChI is InChI=1S/C14H9Br2F3O/c15-8-9-7-10(16)5-6-12(9)20-13-4-2-1-3-11(13)14(17,18)19/h1-7H,8H2. The minimum Gasteiger partial charge on any atom is -0.456 e. The van der Waals surface area contributed by atoms with E-state index in [2.05, 4.69) is 31.9 Å². The van der Waals surface area contributed by atoms with Crippen molar-refractivity contribution >= 4 is 31.9 Å². The van der Waals surface area contributed by atoms with Gasteiger partial charge in [-0.25, -0.2) is 0 Å². The van der Waals surface area contributed by atoms with E-state index in [1.54, 1.807) is 18.2 Å². The molecule has 2 aromatic rings. The molecule has 0 saturated carbocycles. The topological polar surface area (TPSA) is 9.23 Å². The van der Waals surface area contributed by atoms with Crippen molar-refractivity contribution in [3.8, 4) is 11.5 Å². The molecule has 0 amide bonds. The Morgan fingerprint density at radius 3 is 2.35 bits per heavy atom. The minimum atomic E-state index is -4.44. The first-order chi connectivity index (χ1) is 9.41. The van der Waals surface area contributed by atoms with Crippen LogP contribution >= 0.6 is 31.9 Å². The number of hydrogen-bond donors (Lipinski definition) is 0. The predicted octanol–water partition coefficient (Wildman–Crippen LogP) is 6.16. The molecule has 0 spiro atoms. The summed E-state index contributed by atoms with van der Waals surface area (Å²) in [5.74, 6) is 0.186. The van der Waals surface area contributed by atoms with Crippen LogP contribution in [0.4, 0.5) is 13.2 Å². The van der Waals surface area contributed by atoms with Gasteiger partial charge in [0, 0.05) is 15.4 Å². The summed E-state index contributed by atoms with van der Waals surface area (Å²) < 4.78 is 45.0. The lowest BCUT2D eigenvalue weighted by Gasteiger charge is -2.15. The van der Waals surface area contributed by atoms with E-state index in [0.29, 0.717) is 11.1 Å². The predicted molar refractivity (Wildman–Crippen MR) is 78.3 cm³/mol. The fourth-order valence-electron chi connectivity index (χ4n) is 1.66. The quantitative estimate of drug-likeness (QED) is 0.552. The van der Waals surface area contributed by atoms with Crippen molar-refractivity contribution in [2.75, 3.05) is 0 Å². The second-order valence-corrected chi connectivity index (χ2v) is 5.46. The Hall–Kier alpha value is -1.01. The van der Waals surface area contributed by atoms with Gasteiger partial charge in [-0.15, -0.1) is 0 Å². The summed E-state index contributed by atoms with van der Waals surface area (Å²) in [5, 5.41) is 0.482. The second kappa shape index (κ2) is 6.18. The van der Waals surface area contributed by atoms with E-state index < -0.39 is 11.7 Å². The Kier molecular flexibility index (Phi) is 4.75. The molecule has 0 aliphatic carbocycles. The molecular formula is C14H9Br2F3O. The average Bonchev–Trinajstić information content (AvgIpc) is 2.40. The van der Waals surface area contributed by atoms with E-state index >= 15 is 0 Å². The van der Waals surface area contributed by atoms with Crippen LogP contribution in [0.1, 0.15) is 11.1 Å². The van der Waals surface area contributed by atoms with Gasteiger partial charge in [-0.2, -0.15) is 13.2 Å². The van der Waals surface area contributed by atoms with E-state index in [0.717, 1.165) is 16.1 Å². The van der Waals surface area contributed by atoms with Crippen molar-refractivity contribution in [2.24, 2.45) is 0 Å². The second-order valence-electron chi connectivity index (χ2n) is 3.98. The number of para-hydroxylation sites is 1. The van der Waals surface area contributed by atoms with Crippen molar-refractivity contribution in [3.63, 3.8) is 0 Å². The minimum absolute atomic E-state index is 0.204. The van der Waals surface area contributed by atoms with Gasteiger partial charge in [-0.05, 0) is 30.3 Å². The highest BCUT2D eigenvalue weighted by atomic mass is 79.9. The molecule has 0 N–H and O–H groups in total. The SMILES string of the molecule is FC(F)(F)c1ccccc1Oc1ccc(Br)cc1CBr. The Balaban J connectivity index is 2.41. The van der Waals surface area contributed by atoms with Crippen molar-refractivity contribution in [2.45, 2.75) is 11.5 Å². The van der Waals surface area contributed by atoms with Crippen LogP contribution in [-0.4, -0.2) is 0 Å². The molecule has 6 heteroatoms. The van der Waals surface area contributed by atoms with Crippen LogP contribution in [0.2, 0.25) is 0 Å². The van der Waals surface area contributed by atoms with Gasteiger partial charge < -0.3 is 4.74 Å². The molecule has 0 aliphatic rings. The fraction of sp³-hybridized carbons (Fsp3) is 0.143. The Morgan fingerprint density at radius 2 is 1.70 bits per heavy atom. The van der Waals surface area contributed by atoms with Gasteiger partial charge in [-0.1, -0.05) is 44.0 Å². The number of hydrogen-bond acceptors (Lipinski definition) is 1. The molecule has 2 aromatic carbocycles. The van der Waals surface area contributed by atoms with Gasteiger partial charge in [0.25, 0.3) is 0 Å². The summed E-state index contributed by atoms with van der Waals surface area (Å²) in [7, 11) is 0. The lowest BCUT2D eigenvalue weighted by molar-refractivity contribution is -0.138. The van der Waals surface area contributed by atoms with Crippen molar-refractivity contribution in [3.05, 3.63) is 58.1 Å². The average molecular weight is 410 g/mol. The summed E-state index contributed by atoms with van der Waals surface area (Å²) in [5.41, 5.74) is -0.0280. The molecule has 0 bridgehead atoms. The molecule has 0 heterocycles. The fourth-order valence-corrected chi connectivity index (χ4v) is 2.51. The van der Waals surface area contributed by atoms with E-state index in [1.807, 2.05) is 0 Å². The van der Waals surface area contributed by atoms with E-state index in [9.17, 15) is 13.2 Å². The first kappa shape index (κ1) is 15.4. The van der Waals surface area contributed by atoms with E-state index in [1.165, 1.54) is 18.2 Å². The van der Waals surface area contributed by atoms with Crippen LogP contribution in [0.25, 0.3) is 0 Å². The number of rotatable bonds is 3. The Morgan fingerprint density at radius 1 is 1.00 bits per heavy atom. The van der Waals surface area contributed by atoms with Gasteiger partial charge in [0.2, 0.25) is 0 Å². The van der Waals surface area contributed by atoms with Crippen LogP contribution in [0.3, 0.4) is 0 Å². The van der Waals surface area contributed by atoms with Crippen molar-refractivity contribution in [1.82, 2.24) is 0 Å². The third kappa shape index (κ3) is 3.55. The van der Waals surface area contributed by atoms with Gasteiger partial charge in [-0.3, -0.25) is 0 Å². The summed E-state index contributed by atoms with van der Waals surface area (Å²) in [4.78, 5) is 0. The summed E-state index contributed by atoms with van der Waals surface area (Å²) in [6.45, 7) is 0. The molecule has 106 valence electrons. The maximum absolute atomic E-state index is 12.9. The highest BCUT2D eigenvalue weighted by Gasteiger charge is 2.34. The largest absolute Gasteiger partial charge is 0.456 e. The zero-order chi connectivity index (χ0) is 14.8. The molecule has 2 rings (SSSR count). The molecule has 20 heavy (non-hydrogen) atoms. The zero-order valence-corrected chi connectivity index (χ0v) is 13.2. The summed E-state index contributed by atoms with van der Waals surface area (Å²) >= 11 is 6.60. The zero-order valence-electron chi connectivity index (χ0n) is 10.0. The summed E-state index contributed by atoms with van der Waals surface area (Å²) in [6.07, 6.45) is -4.44. The number of halogens is 5. The van der Waals surface area contributed by atoms with Crippen molar-refractivity contribution < 1.29 is 17.9 Å². The van der Waals surface area contributed by atoms with E-state index in [4.69, 9.17) is 4.74 Å². The molecule has 0 fully saturated rings. The van der Waals surface area contributed by atoms with Crippen LogP contribution < -0.4 is 4.74 Å². The Bertz CT molecular complexity index is 612. The van der Waals surface area contributed by atoms with Crippen LogP contribution in [-0.2, 0) is 11.5 Å². The highest BCUT2D eigenvalue weighted by molar-refractivity contribution is 9.10. The van der Waals surface area contributed by atoms with Crippen molar-refractivity contribution in [1.29, 1.82) is 0 Å². The van der Waals surface area contributed by atoms with Gasteiger partial charge in [0.05, 0.1) is 5.56 Å². The highest BCUT2D eigenvalue weighted by Crippen LogP contribution is 2.39. The third-order valence-electron chi connectivity index (χ3n) is 2.58. The maximum atomic E-state index is 12.9. The summed E-state index contributed by atoms with van der Waals surface area (Å²) in [6, 6.07) is 10.3. The molecule has 0 radical (unpaired) electrons. The first-order valence-electron chi connectivity index (χ1n) is 5.60. The molecule has 0 saturated heterocycles. The van der Waals surface area contributed by atoms with Crippen LogP contribution in [0, 0.1) is 0 Å². The molecule has 0 atom stereocenters. The third-order valence-corrected chi connectivity index (χ3v) is 3.68. The number of ether oxygens (including phenoxy) is 1. The lowest BCUT2D eigenvalue weighted by Crippen LogP contribution is -2.07. The number of alkyl halides is 4.